The summed E-state index contributed by atoms with van der Waals surface area (Å²) in [6.45, 7) is 8.22. The first kappa shape index (κ1) is 17.6. The van der Waals surface area contributed by atoms with Crippen LogP contribution in [0.5, 0.6) is 0 Å². The van der Waals surface area contributed by atoms with Crippen molar-refractivity contribution in [2.24, 2.45) is 0 Å². The van der Waals surface area contributed by atoms with E-state index < -0.39 is 0 Å². The number of imidazole rings is 1. The average molecular weight is 509 g/mol. The van der Waals surface area contributed by atoms with E-state index in [1.54, 1.807) is 0 Å². The molecule has 2 aromatic heterocycles. The second-order valence-corrected chi connectivity index (χ2v) is 6.19. The molecule has 0 aliphatic heterocycles. The summed E-state index contributed by atoms with van der Waals surface area (Å²) in [6.07, 6.45) is 3.81. The van der Waals surface area contributed by atoms with Gasteiger partial charge in [-0.3, -0.25) is 4.98 Å². The summed E-state index contributed by atoms with van der Waals surface area (Å²) in [5.41, 5.74) is 7.27. The Hall–Kier alpha value is -2.23. The predicted molar refractivity (Wildman–Crippen MR) is 94.4 cm³/mol. The molecule has 0 aliphatic rings. The summed E-state index contributed by atoms with van der Waals surface area (Å²) in [5.74, 6) is 1.50. The fourth-order valence-corrected chi connectivity index (χ4v) is 3.34. The predicted octanol–water partition coefficient (Wildman–Crippen LogP) is 4.71. The largest absolute Gasteiger partial charge is 0.488 e. The number of aromatic nitrogens is 3. The molecule has 25 heavy (non-hydrogen) atoms. The van der Waals surface area contributed by atoms with Crippen LogP contribution in [0.1, 0.15) is 22.6 Å². The molecule has 2 heterocycles. The minimum absolute atomic E-state index is 0. The maximum Gasteiger partial charge on any atom is 0.180 e. The third-order valence-electron chi connectivity index (χ3n) is 4.17. The summed E-state index contributed by atoms with van der Waals surface area (Å²) < 4.78 is 7.66. The van der Waals surface area contributed by atoms with Crippen LogP contribution >= 0.6 is 0 Å². The number of nitrogens with zero attached hydrogens (tertiary/aromatic N) is 3. The standard InChI is InChI=1S/C20H18N3O.Ir/c1-12-9-13(2)19(14(3)10-12)23-8-7-21-20(23)16-5-6-18-17(11-16)22-15(4)24-18;/h5-10H,1-4H3;/q-1;. The molecule has 0 saturated carbocycles. The van der Waals surface area contributed by atoms with Crippen LogP contribution in [0.15, 0.2) is 41.1 Å². The van der Waals surface area contributed by atoms with Gasteiger partial charge in [0, 0.05) is 50.6 Å². The molecule has 0 amide bonds. The molecule has 129 valence electrons. The summed E-state index contributed by atoms with van der Waals surface area (Å²) in [5, 5.41) is 0. The van der Waals surface area contributed by atoms with Gasteiger partial charge in [0.1, 0.15) is 0 Å². The Labute approximate surface area is 160 Å². The van der Waals surface area contributed by atoms with Crippen molar-refractivity contribution in [1.29, 1.82) is 0 Å². The first-order valence-electron chi connectivity index (χ1n) is 7.94. The first-order chi connectivity index (χ1) is 11.5. The number of aryl methyl sites for hydroxylation is 4. The molecule has 5 heteroatoms. The summed E-state index contributed by atoms with van der Waals surface area (Å²) >= 11 is 0. The topological polar surface area (TPSA) is 43.9 Å². The van der Waals surface area contributed by atoms with Gasteiger partial charge in [0.15, 0.2) is 5.89 Å². The average Bonchev–Trinajstić information content (AvgIpc) is 3.10. The van der Waals surface area contributed by atoms with Gasteiger partial charge < -0.3 is 8.98 Å². The SMILES string of the molecule is Cc1cc(C)c(-n2ccnc2-c2[c-]c3nc(C)oc3cc2)c(C)c1.[Ir]. The number of oxazole rings is 1. The van der Waals surface area contributed by atoms with E-state index in [1.807, 2.05) is 31.5 Å². The monoisotopic (exact) mass is 509 g/mol. The number of rotatable bonds is 2. The zero-order chi connectivity index (χ0) is 16.8. The molecule has 0 unspecified atom stereocenters. The third kappa shape index (κ3) is 3.06. The Bertz CT molecular complexity index is 1040. The molecule has 0 N–H and O–H groups in total. The van der Waals surface area contributed by atoms with Crippen molar-refractivity contribution in [2.75, 3.05) is 0 Å². The van der Waals surface area contributed by atoms with Crippen molar-refractivity contribution in [3.63, 3.8) is 0 Å². The van der Waals surface area contributed by atoms with Crippen LogP contribution in [0.3, 0.4) is 0 Å². The molecule has 0 fully saturated rings. The molecular weight excluding hydrogens is 490 g/mol. The van der Waals surface area contributed by atoms with Crippen molar-refractivity contribution in [3.05, 3.63) is 65.3 Å². The van der Waals surface area contributed by atoms with Crippen LogP contribution in [0.4, 0.5) is 0 Å². The zero-order valence-corrected chi connectivity index (χ0v) is 16.9. The fraction of sp³-hybridized carbons (Fsp3) is 0.200. The molecule has 0 spiro atoms. The van der Waals surface area contributed by atoms with Crippen LogP contribution in [-0.2, 0) is 20.1 Å². The second-order valence-electron chi connectivity index (χ2n) is 6.19. The Balaban J connectivity index is 0.00000182. The van der Waals surface area contributed by atoms with Crippen LogP contribution in [-0.4, -0.2) is 14.5 Å². The van der Waals surface area contributed by atoms with E-state index in [-0.39, 0.29) is 20.1 Å². The minimum Gasteiger partial charge on any atom is -0.488 e. The molecule has 1 radical (unpaired) electrons. The Morgan fingerprint density at radius 1 is 1.04 bits per heavy atom. The zero-order valence-electron chi connectivity index (χ0n) is 14.5. The van der Waals surface area contributed by atoms with Gasteiger partial charge in [0.25, 0.3) is 0 Å². The van der Waals surface area contributed by atoms with Crippen molar-refractivity contribution in [1.82, 2.24) is 14.5 Å². The molecular formula is C20H18IrN3O-. The first-order valence-corrected chi connectivity index (χ1v) is 7.94. The van der Waals surface area contributed by atoms with E-state index in [0.29, 0.717) is 5.89 Å². The van der Waals surface area contributed by atoms with Crippen molar-refractivity contribution >= 4 is 11.1 Å². The number of benzene rings is 2. The van der Waals surface area contributed by atoms with Crippen LogP contribution < -0.4 is 0 Å². The van der Waals surface area contributed by atoms with Gasteiger partial charge in [0.05, 0.1) is 11.4 Å². The molecule has 0 saturated heterocycles. The molecule has 0 bridgehead atoms. The van der Waals surface area contributed by atoms with Gasteiger partial charge in [0.2, 0.25) is 0 Å². The smallest absolute Gasteiger partial charge is 0.180 e. The summed E-state index contributed by atoms with van der Waals surface area (Å²) in [7, 11) is 0. The molecule has 2 aromatic carbocycles. The van der Waals surface area contributed by atoms with E-state index in [4.69, 9.17) is 4.42 Å². The Morgan fingerprint density at radius 2 is 1.76 bits per heavy atom. The normalized spacial score (nSPS) is 10.9. The quantitative estimate of drug-likeness (QED) is 0.369. The second kappa shape index (κ2) is 6.58. The van der Waals surface area contributed by atoms with Crippen molar-refractivity contribution < 1.29 is 24.5 Å². The van der Waals surface area contributed by atoms with E-state index in [0.717, 1.165) is 28.2 Å². The van der Waals surface area contributed by atoms with Gasteiger partial charge in [-0.15, -0.1) is 23.8 Å². The van der Waals surface area contributed by atoms with Crippen molar-refractivity contribution in [2.45, 2.75) is 27.7 Å². The molecule has 4 aromatic rings. The van der Waals surface area contributed by atoms with E-state index in [9.17, 15) is 0 Å². The van der Waals surface area contributed by atoms with Gasteiger partial charge >= 0.3 is 0 Å². The van der Waals surface area contributed by atoms with Gasteiger partial charge in [-0.25, -0.2) is 4.98 Å². The molecule has 0 atom stereocenters. The molecule has 0 aliphatic carbocycles. The van der Waals surface area contributed by atoms with E-state index in [2.05, 4.69) is 53.5 Å². The van der Waals surface area contributed by atoms with Crippen LogP contribution in [0, 0.1) is 33.8 Å². The van der Waals surface area contributed by atoms with Crippen LogP contribution in [0.25, 0.3) is 28.2 Å². The third-order valence-corrected chi connectivity index (χ3v) is 4.17. The van der Waals surface area contributed by atoms with E-state index in [1.165, 1.54) is 16.7 Å². The Morgan fingerprint density at radius 3 is 2.48 bits per heavy atom. The maximum atomic E-state index is 5.54. The minimum atomic E-state index is 0. The van der Waals surface area contributed by atoms with E-state index >= 15 is 0 Å². The van der Waals surface area contributed by atoms with Gasteiger partial charge in [-0.05, 0) is 31.9 Å². The number of hydrogen-bond donors (Lipinski definition) is 0. The Kier molecular flexibility index (Phi) is 4.63. The van der Waals surface area contributed by atoms with Crippen LogP contribution in [0.2, 0.25) is 0 Å². The number of fused-ring (bicyclic) bond motifs is 1. The summed E-state index contributed by atoms with van der Waals surface area (Å²) in [4.78, 5) is 8.93. The molecule has 4 nitrogen and oxygen atoms in total. The number of hydrogen-bond acceptors (Lipinski definition) is 3. The fourth-order valence-electron chi connectivity index (χ4n) is 3.34. The van der Waals surface area contributed by atoms with Gasteiger partial charge in [-0.1, -0.05) is 17.7 Å². The maximum absolute atomic E-state index is 5.54. The molecule has 4 rings (SSSR count). The van der Waals surface area contributed by atoms with Crippen molar-refractivity contribution in [3.8, 4) is 17.1 Å². The summed E-state index contributed by atoms with van der Waals surface area (Å²) in [6, 6.07) is 11.6. The van der Waals surface area contributed by atoms with Gasteiger partial charge in [-0.2, -0.15) is 0 Å².